The van der Waals surface area contributed by atoms with Gasteiger partial charge in [-0.25, -0.2) is 4.68 Å². The third-order valence-electron chi connectivity index (χ3n) is 4.69. The molecule has 3 N–H and O–H groups in total. The molecule has 26 heavy (non-hydrogen) atoms. The van der Waals surface area contributed by atoms with Gasteiger partial charge in [-0.1, -0.05) is 5.21 Å². The highest BCUT2D eigenvalue weighted by Gasteiger charge is 2.33. The van der Waals surface area contributed by atoms with Crippen molar-refractivity contribution in [1.29, 1.82) is 0 Å². The first-order valence-corrected chi connectivity index (χ1v) is 9.43. The number of nitrogens with zero attached hydrogens (tertiary/aromatic N) is 3. The molecule has 0 saturated carbocycles. The molecule has 2 atom stereocenters. The number of thiophene rings is 1. The lowest BCUT2D eigenvalue weighted by atomic mass is 10.0. The first kappa shape index (κ1) is 18.5. The molecule has 2 aromatic heterocycles. The van der Waals surface area contributed by atoms with E-state index in [-0.39, 0.29) is 23.9 Å². The Morgan fingerprint density at radius 3 is 2.85 bits per heavy atom. The van der Waals surface area contributed by atoms with Gasteiger partial charge in [0.1, 0.15) is 5.69 Å². The van der Waals surface area contributed by atoms with E-state index in [0.29, 0.717) is 23.5 Å². The lowest BCUT2D eigenvalue weighted by Crippen LogP contribution is -2.41. The molecule has 8 nitrogen and oxygen atoms in total. The monoisotopic (exact) mass is 376 g/mol. The predicted molar refractivity (Wildman–Crippen MR) is 99.1 cm³/mol. The third-order valence-corrected chi connectivity index (χ3v) is 5.70. The summed E-state index contributed by atoms with van der Waals surface area (Å²) in [6.45, 7) is 6.39. The number of carbonyl (C=O) groups excluding carboxylic acids is 2. The second-order valence-corrected chi connectivity index (χ2v) is 7.98. The largest absolute Gasteiger partial charge is 0.358 e. The molecule has 140 valence electrons. The molecule has 0 aromatic carbocycles. The van der Waals surface area contributed by atoms with Crippen molar-refractivity contribution in [2.24, 2.45) is 0 Å². The zero-order valence-corrected chi connectivity index (χ0v) is 16.2. The quantitative estimate of drug-likeness (QED) is 0.722. The van der Waals surface area contributed by atoms with Crippen LogP contribution in [0.5, 0.6) is 0 Å². The minimum absolute atomic E-state index is 0.0215. The molecular formula is C17H24N6O2S. The molecule has 0 radical (unpaired) electrons. The number of amides is 2. The molecular weight excluding hydrogens is 352 g/mol. The van der Waals surface area contributed by atoms with E-state index in [4.69, 9.17) is 0 Å². The summed E-state index contributed by atoms with van der Waals surface area (Å²) in [5.41, 5.74) is 0.991. The van der Waals surface area contributed by atoms with Crippen LogP contribution in [0.2, 0.25) is 0 Å². The second kappa shape index (κ2) is 7.16. The highest BCUT2D eigenvalue weighted by molar-refractivity contribution is 7.12. The number of nitrogens with one attached hydrogen (secondary N) is 3. The van der Waals surface area contributed by atoms with Gasteiger partial charge in [-0.3, -0.25) is 9.59 Å². The fraction of sp³-hybridized carbons (Fsp3) is 0.529. The standard InChI is InChI=1S/C17H24N6O2S/c1-10-5-6-26-14(10)16(25)20-17(2,3)13-9-23(22-21-13)11-7-12(19-8-11)15(24)18-4/h5-6,9,11-12,19H,7-8H2,1-4H3,(H,18,24)(H,20,25)/t11-,12-/m0/s1. The topological polar surface area (TPSA) is 101 Å². The van der Waals surface area contributed by atoms with Crippen LogP contribution in [0, 0.1) is 6.92 Å². The summed E-state index contributed by atoms with van der Waals surface area (Å²) in [6.07, 6.45) is 2.50. The van der Waals surface area contributed by atoms with Crippen molar-refractivity contribution in [3.05, 3.63) is 33.8 Å². The molecule has 2 aromatic rings. The lowest BCUT2D eigenvalue weighted by Gasteiger charge is -2.23. The Labute approximate surface area is 156 Å². The van der Waals surface area contributed by atoms with Gasteiger partial charge in [0.25, 0.3) is 5.91 Å². The Morgan fingerprint density at radius 1 is 1.42 bits per heavy atom. The van der Waals surface area contributed by atoms with Gasteiger partial charge >= 0.3 is 0 Å². The van der Waals surface area contributed by atoms with Gasteiger partial charge in [0, 0.05) is 13.6 Å². The lowest BCUT2D eigenvalue weighted by molar-refractivity contribution is -0.122. The predicted octanol–water partition coefficient (Wildman–Crippen LogP) is 0.962. The smallest absolute Gasteiger partial charge is 0.262 e. The van der Waals surface area contributed by atoms with Crippen LogP contribution in [0.15, 0.2) is 17.6 Å². The SMILES string of the molecule is CNC(=O)[C@@H]1C[C@H](n2cc(C(C)(C)NC(=O)c3sccc3C)nn2)CN1. The summed E-state index contributed by atoms with van der Waals surface area (Å²) in [6, 6.07) is 1.77. The third kappa shape index (κ3) is 3.63. The van der Waals surface area contributed by atoms with Crippen LogP contribution < -0.4 is 16.0 Å². The van der Waals surface area contributed by atoms with Crippen LogP contribution in [-0.4, -0.2) is 46.4 Å². The number of rotatable bonds is 5. The van der Waals surface area contributed by atoms with Crippen molar-refractivity contribution in [3.63, 3.8) is 0 Å². The first-order valence-electron chi connectivity index (χ1n) is 8.55. The van der Waals surface area contributed by atoms with Crippen molar-refractivity contribution in [1.82, 2.24) is 30.9 Å². The maximum absolute atomic E-state index is 12.5. The Balaban J connectivity index is 1.69. The molecule has 2 amide bonds. The molecule has 1 aliphatic heterocycles. The van der Waals surface area contributed by atoms with E-state index < -0.39 is 5.54 Å². The van der Waals surface area contributed by atoms with E-state index in [0.717, 1.165) is 5.56 Å². The number of aryl methyl sites for hydroxylation is 1. The fourth-order valence-corrected chi connectivity index (χ4v) is 3.86. The Kier molecular flexibility index (Phi) is 5.10. The van der Waals surface area contributed by atoms with Crippen molar-refractivity contribution >= 4 is 23.2 Å². The average Bonchev–Trinajstić information content (AvgIpc) is 3.32. The summed E-state index contributed by atoms with van der Waals surface area (Å²) >= 11 is 1.42. The molecule has 3 rings (SSSR count). The van der Waals surface area contributed by atoms with Crippen molar-refractivity contribution < 1.29 is 9.59 Å². The van der Waals surface area contributed by atoms with E-state index in [2.05, 4.69) is 26.3 Å². The van der Waals surface area contributed by atoms with Gasteiger partial charge in [0.05, 0.1) is 28.7 Å². The van der Waals surface area contributed by atoms with E-state index in [1.54, 1.807) is 11.7 Å². The number of carbonyl (C=O) groups is 2. The molecule has 3 heterocycles. The van der Waals surface area contributed by atoms with Gasteiger partial charge < -0.3 is 16.0 Å². The van der Waals surface area contributed by atoms with Crippen LogP contribution in [0.3, 0.4) is 0 Å². The molecule has 1 aliphatic rings. The molecule has 0 bridgehead atoms. The molecule has 0 aliphatic carbocycles. The molecule has 1 saturated heterocycles. The number of hydrogen-bond donors (Lipinski definition) is 3. The van der Waals surface area contributed by atoms with Gasteiger partial charge in [0.2, 0.25) is 5.91 Å². The van der Waals surface area contributed by atoms with Crippen LogP contribution in [-0.2, 0) is 10.3 Å². The van der Waals surface area contributed by atoms with Crippen LogP contribution in [0.1, 0.15) is 47.2 Å². The van der Waals surface area contributed by atoms with Crippen LogP contribution in [0.25, 0.3) is 0 Å². The summed E-state index contributed by atoms with van der Waals surface area (Å²) in [5, 5.41) is 19.3. The Morgan fingerprint density at radius 2 is 2.19 bits per heavy atom. The fourth-order valence-electron chi connectivity index (χ4n) is 3.04. The van der Waals surface area contributed by atoms with Gasteiger partial charge in [-0.15, -0.1) is 16.4 Å². The number of likely N-dealkylation sites (N-methyl/N-ethyl adjacent to an activating group) is 1. The minimum Gasteiger partial charge on any atom is -0.358 e. The normalized spacial score (nSPS) is 20.2. The summed E-state index contributed by atoms with van der Waals surface area (Å²) in [4.78, 5) is 25.0. The second-order valence-electron chi connectivity index (χ2n) is 7.06. The van der Waals surface area contributed by atoms with Crippen LogP contribution in [0.4, 0.5) is 0 Å². The number of aromatic nitrogens is 3. The Bertz CT molecular complexity index is 812. The molecule has 0 spiro atoms. The average molecular weight is 376 g/mol. The Hall–Kier alpha value is -2.26. The van der Waals surface area contributed by atoms with Crippen molar-refractivity contribution in [3.8, 4) is 0 Å². The summed E-state index contributed by atoms with van der Waals surface area (Å²) in [7, 11) is 1.63. The first-order chi connectivity index (χ1) is 12.3. The van der Waals surface area contributed by atoms with Crippen LogP contribution >= 0.6 is 11.3 Å². The maximum Gasteiger partial charge on any atom is 0.262 e. The van der Waals surface area contributed by atoms with Gasteiger partial charge in [-0.05, 0) is 44.2 Å². The highest BCUT2D eigenvalue weighted by atomic mass is 32.1. The molecule has 0 unspecified atom stereocenters. The van der Waals surface area contributed by atoms with Gasteiger partial charge in [0.15, 0.2) is 0 Å². The van der Waals surface area contributed by atoms with E-state index in [1.165, 1.54) is 11.3 Å². The van der Waals surface area contributed by atoms with E-state index in [9.17, 15) is 9.59 Å². The van der Waals surface area contributed by atoms with E-state index in [1.807, 2.05) is 38.4 Å². The van der Waals surface area contributed by atoms with Crippen molar-refractivity contribution in [2.45, 2.75) is 44.8 Å². The zero-order chi connectivity index (χ0) is 18.9. The van der Waals surface area contributed by atoms with Gasteiger partial charge in [-0.2, -0.15) is 0 Å². The highest BCUT2D eigenvalue weighted by Crippen LogP contribution is 2.24. The minimum atomic E-state index is -0.655. The number of hydrogen-bond acceptors (Lipinski definition) is 6. The maximum atomic E-state index is 12.5. The van der Waals surface area contributed by atoms with E-state index >= 15 is 0 Å². The zero-order valence-electron chi connectivity index (χ0n) is 15.4. The molecule has 1 fully saturated rings. The molecule has 9 heteroatoms. The van der Waals surface area contributed by atoms with Crippen molar-refractivity contribution in [2.75, 3.05) is 13.6 Å². The summed E-state index contributed by atoms with van der Waals surface area (Å²) in [5.74, 6) is -0.133. The summed E-state index contributed by atoms with van der Waals surface area (Å²) < 4.78 is 1.77.